The zero-order valence-electron chi connectivity index (χ0n) is 42.2. The molecule has 8 rings (SSSR count). The average Bonchev–Trinajstić information content (AvgIpc) is 3.86. The van der Waals surface area contributed by atoms with Crippen molar-refractivity contribution in [2.75, 3.05) is 14.2 Å². The Labute approximate surface area is 406 Å². The predicted octanol–water partition coefficient (Wildman–Crippen LogP) is 16.6. The molecular formula is C61H74ClNO4. The summed E-state index contributed by atoms with van der Waals surface area (Å²) in [7, 11) is 3.35. The molecule has 1 aromatic heterocycles. The molecular weight excluding hydrogens is 846 g/mol. The number of aryl methyl sites for hydroxylation is 1. The molecule has 0 radical (unpaired) electrons. The molecule has 7 aromatic rings. The minimum Gasteiger partial charge on any atom is -0.497 e. The Balaban J connectivity index is 0.000000172. The minimum atomic E-state index is -0.0472. The van der Waals surface area contributed by atoms with E-state index in [9.17, 15) is 9.59 Å². The lowest BCUT2D eigenvalue weighted by atomic mass is 9.95. The first-order valence-corrected chi connectivity index (χ1v) is 24.7. The number of benzene rings is 6. The third kappa shape index (κ3) is 14.4. The summed E-state index contributed by atoms with van der Waals surface area (Å²) in [6.45, 7) is 21.9. The first kappa shape index (κ1) is 52.3. The van der Waals surface area contributed by atoms with E-state index in [0.717, 1.165) is 66.1 Å². The monoisotopic (exact) mass is 920 g/mol. The predicted molar refractivity (Wildman–Crippen MR) is 284 cm³/mol. The van der Waals surface area contributed by atoms with Gasteiger partial charge in [0.25, 0.3) is 5.91 Å². The van der Waals surface area contributed by atoms with Crippen molar-refractivity contribution in [3.63, 3.8) is 0 Å². The molecule has 0 aliphatic heterocycles. The largest absolute Gasteiger partial charge is 0.497 e. The van der Waals surface area contributed by atoms with Crippen molar-refractivity contribution >= 4 is 45.0 Å². The van der Waals surface area contributed by atoms with E-state index in [1.807, 2.05) is 31.2 Å². The normalized spacial score (nSPS) is 13.3. The van der Waals surface area contributed by atoms with E-state index >= 15 is 0 Å². The first-order chi connectivity index (χ1) is 32.0. The van der Waals surface area contributed by atoms with Gasteiger partial charge in [0, 0.05) is 34.0 Å². The fourth-order valence-corrected chi connectivity index (χ4v) is 8.81. The van der Waals surface area contributed by atoms with E-state index in [2.05, 4.69) is 141 Å². The van der Waals surface area contributed by atoms with Crippen LogP contribution in [0.1, 0.15) is 149 Å². The van der Waals surface area contributed by atoms with Gasteiger partial charge in [-0.1, -0.05) is 147 Å². The number of Topliss-reactive ketones (excluding diaryl/α,β-unsaturated/α-hetero) is 1. The second-order valence-corrected chi connectivity index (χ2v) is 19.7. The van der Waals surface area contributed by atoms with Gasteiger partial charge < -0.3 is 9.47 Å². The number of halogens is 1. The van der Waals surface area contributed by atoms with Gasteiger partial charge in [0.15, 0.2) is 0 Å². The van der Waals surface area contributed by atoms with Gasteiger partial charge in [0.05, 0.1) is 19.7 Å². The summed E-state index contributed by atoms with van der Waals surface area (Å²) in [5.74, 6) is 4.99. The average molecular weight is 921 g/mol. The fraction of sp³-hybridized carbons (Fsp3) is 0.377. The number of carbonyl (C=O) groups excluding carboxylic acids is 2. The molecule has 0 saturated heterocycles. The van der Waals surface area contributed by atoms with E-state index in [1.165, 1.54) is 50.6 Å². The highest BCUT2D eigenvalue weighted by Crippen LogP contribution is 2.31. The van der Waals surface area contributed by atoms with Crippen molar-refractivity contribution < 1.29 is 19.1 Å². The van der Waals surface area contributed by atoms with Gasteiger partial charge in [0.1, 0.15) is 17.3 Å². The van der Waals surface area contributed by atoms with Crippen LogP contribution in [0.4, 0.5) is 0 Å². The van der Waals surface area contributed by atoms with Crippen LogP contribution in [-0.4, -0.2) is 30.5 Å². The van der Waals surface area contributed by atoms with Gasteiger partial charge >= 0.3 is 0 Å². The van der Waals surface area contributed by atoms with Gasteiger partial charge in [-0.25, -0.2) is 0 Å². The van der Waals surface area contributed by atoms with Crippen LogP contribution in [0.25, 0.3) is 21.7 Å². The van der Waals surface area contributed by atoms with E-state index in [-0.39, 0.29) is 5.91 Å². The maximum atomic E-state index is 13.0. The van der Waals surface area contributed by atoms with E-state index in [1.54, 1.807) is 43.1 Å². The standard InChI is InChI=1S/C19H18ClNO2.C15H20O.C14H16O.C13H20/c1-4-16-12(2)21(18-10-9-15(23-3)11-17(16)18)19(22)13-5-7-14(20)8-6-13;1-11(2)13-8-6-12(7-9-13)10-14-4-3-5-15(14)16;1-10(2)11-4-5-13-9-14(15-3)7-6-12(13)8-11;1-10(2)9-12-5-7-13(8-6-12)11(3)4/h5-11H,4H2,1-3H3;6-9,11,14H,3-5,10H2,1-2H3;4-10H,1-3H3;5-8,10-11H,9H2,1-4H3. The molecule has 1 heterocycles. The summed E-state index contributed by atoms with van der Waals surface area (Å²) in [6, 6.07) is 43.4. The molecule has 6 aromatic carbocycles. The van der Waals surface area contributed by atoms with Gasteiger partial charge in [-0.15, -0.1) is 0 Å². The Hall–Kier alpha value is -5.65. The molecule has 1 atom stereocenters. The summed E-state index contributed by atoms with van der Waals surface area (Å²) in [4.78, 5) is 24.5. The van der Waals surface area contributed by atoms with Gasteiger partial charge in [-0.3, -0.25) is 14.2 Å². The maximum absolute atomic E-state index is 13.0. The molecule has 0 N–H and O–H groups in total. The van der Waals surface area contributed by atoms with Crippen LogP contribution >= 0.6 is 11.6 Å². The molecule has 67 heavy (non-hydrogen) atoms. The van der Waals surface area contributed by atoms with Crippen molar-refractivity contribution in [3.8, 4) is 11.5 Å². The fourth-order valence-electron chi connectivity index (χ4n) is 8.68. The lowest BCUT2D eigenvalue weighted by molar-refractivity contribution is -0.120. The Morgan fingerprint density at radius 3 is 1.70 bits per heavy atom. The zero-order chi connectivity index (χ0) is 48.8. The summed E-state index contributed by atoms with van der Waals surface area (Å²) >= 11 is 5.92. The van der Waals surface area contributed by atoms with E-state index in [0.29, 0.717) is 40.0 Å². The van der Waals surface area contributed by atoms with Crippen molar-refractivity contribution in [2.45, 2.75) is 126 Å². The SMILES string of the molecule is CC(C)Cc1ccc(C(C)C)cc1.CC(C)c1ccc(CC2CCCC2=O)cc1.CCc1c(C)n(C(=O)c2ccc(Cl)cc2)c2ccc(OC)cc12.COc1ccc2cc(C(C)C)ccc2c1. The number of hydrogen-bond donors (Lipinski definition) is 0. The molecule has 1 fully saturated rings. The first-order valence-electron chi connectivity index (χ1n) is 24.3. The van der Waals surface area contributed by atoms with Crippen LogP contribution in [0.5, 0.6) is 11.5 Å². The van der Waals surface area contributed by atoms with Crippen LogP contribution in [0.2, 0.25) is 5.02 Å². The zero-order valence-corrected chi connectivity index (χ0v) is 43.0. The Kier molecular flexibility index (Phi) is 19.5. The highest BCUT2D eigenvalue weighted by molar-refractivity contribution is 6.30. The van der Waals surface area contributed by atoms with Crippen molar-refractivity contribution in [1.82, 2.24) is 4.57 Å². The van der Waals surface area contributed by atoms with E-state index < -0.39 is 0 Å². The Morgan fingerprint density at radius 1 is 0.657 bits per heavy atom. The third-order valence-electron chi connectivity index (χ3n) is 12.8. The lowest BCUT2D eigenvalue weighted by Gasteiger charge is -2.10. The van der Waals surface area contributed by atoms with Crippen molar-refractivity contribution in [1.29, 1.82) is 0 Å². The van der Waals surface area contributed by atoms with Gasteiger partial charge in [0.2, 0.25) is 0 Å². The van der Waals surface area contributed by atoms with Crippen LogP contribution in [0, 0.1) is 18.8 Å². The van der Waals surface area contributed by atoms with Crippen molar-refractivity contribution in [3.05, 3.63) is 177 Å². The smallest absolute Gasteiger partial charge is 0.262 e. The van der Waals surface area contributed by atoms with Crippen LogP contribution < -0.4 is 9.47 Å². The molecule has 354 valence electrons. The quantitative estimate of drug-likeness (QED) is 0.130. The highest BCUT2D eigenvalue weighted by Gasteiger charge is 2.24. The topological polar surface area (TPSA) is 57.5 Å². The van der Waals surface area contributed by atoms with Crippen molar-refractivity contribution in [2.24, 2.45) is 11.8 Å². The molecule has 1 saturated carbocycles. The van der Waals surface area contributed by atoms with E-state index in [4.69, 9.17) is 21.1 Å². The number of ether oxygens (including phenoxy) is 2. The van der Waals surface area contributed by atoms with Crippen LogP contribution in [0.3, 0.4) is 0 Å². The molecule has 1 aliphatic rings. The second kappa shape index (κ2) is 24.9. The summed E-state index contributed by atoms with van der Waals surface area (Å²) in [6.07, 6.45) is 5.97. The Bertz CT molecular complexity index is 2670. The molecule has 0 spiro atoms. The number of ketones is 1. The van der Waals surface area contributed by atoms with Crippen LogP contribution in [-0.2, 0) is 24.1 Å². The Morgan fingerprint density at radius 2 is 1.18 bits per heavy atom. The van der Waals surface area contributed by atoms with Gasteiger partial charge in [-0.2, -0.15) is 0 Å². The summed E-state index contributed by atoms with van der Waals surface area (Å²) < 4.78 is 12.3. The second-order valence-electron chi connectivity index (χ2n) is 19.2. The molecule has 6 heteroatoms. The van der Waals surface area contributed by atoms with Gasteiger partial charge in [-0.05, 0) is 161 Å². The maximum Gasteiger partial charge on any atom is 0.262 e. The van der Waals surface area contributed by atoms with Crippen LogP contribution in [0.15, 0.2) is 127 Å². The number of hydrogen-bond acceptors (Lipinski definition) is 4. The number of aromatic nitrogens is 1. The minimum absolute atomic E-state index is 0.0472. The highest BCUT2D eigenvalue weighted by atomic mass is 35.5. The molecule has 0 amide bonds. The number of nitrogens with zero attached hydrogens (tertiary/aromatic N) is 1. The lowest BCUT2D eigenvalue weighted by Crippen LogP contribution is -2.13. The molecule has 1 aliphatic carbocycles. The number of methoxy groups -OCH3 is 2. The summed E-state index contributed by atoms with van der Waals surface area (Å²) in [5, 5.41) is 4.20. The summed E-state index contributed by atoms with van der Waals surface area (Å²) in [5.41, 5.74) is 10.6. The third-order valence-corrected chi connectivity index (χ3v) is 13.0. The number of carbonyl (C=O) groups is 2. The molecule has 1 unspecified atom stereocenters. The molecule has 0 bridgehead atoms. The number of fused-ring (bicyclic) bond motifs is 2. The number of rotatable bonds is 11. The molecule has 5 nitrogen and oxygen atoms in total.